The van der Waals surface area contributed by atoms with Crippen molar-refractivity contribution in [3.05, 3.63) is 0 Å². The lowest BCUT2D eigenvalue weighted by Crippen LogP contribution is -2.45. The molecule has 5 nitrogen and oxygen atoms in total. The highest BCUT2D eigenvalue weighted by Crippen LogP contribution is 2.29. The molecule has 1 unspecified atom stereocenters. The Kier molecular flexibility index (Phi) is 5.38. The minimum Gasteiger partial charge on any atom is -0.381 e. The molecule has 112 valence electrons. The number of rotatable bonds is 5. The molecule has 2 aliphatic rings. The molecule has 0 saturated carbocycles. The first kappa shape index (κ1) is 15.3. The van der Waals surface area contributed by atoms with E-state index >= 15 is 0 Å². The summed E-state index contributed by atoms with van der Waals surface area (Å²) in [7, 11) is 0. The van der Waals surface area contributed by atoms with Crippen LogP contribution in [0, 0.1) is 22.7 Å². The van der Waals surface area contributed by atoms with Crippen LogP contribution in [0.15, 0.2) is 0 Å². The van der Waals surface area contributed by atoms with Gasteiger partial charge in [0.1, 0.15) is 5.41 Å². The van der Waals surface area contributed by atoms with Gasteiger partial charge in [-0.25, -0.2) is 0 Å². The second-order valence-corrected chi connectivity index (χ2v) is 6.13. The molecule has 2 aliphatic heterocycles. The van der Waals surface area contributed by atoms with Gasteiger partial charge in [-0.05, 0) is 44.7 Å². The van der Waals surface area contributed by atoms with Crippen molar-refractivity contribution < 1.29 is 9.53 Å². The fourth-order valence-electron chi connectivity index (χ4n) is 3.02. The molecule has 1 N–H and O–H groups in total. The van der Waals surface area contributed by atoms with Crippen LogP contribution in [0.4, 0.5) is 0 Å². The molecule has 0 bridgehead atoms. The fourth-order valence-corrected chi connectivity index (χ4v) is 3.02. The molecular weight excluding hydrogens is 254 g/mol. The van der Waals surface area contributed by atoms with Crippen molar-refractivity contribution in [1.82, 2.24) is 10.2 Å². The zero-order valence-corrected chi connectivity index (χ0v) is 12.4. The number of amides is 1. The van der Waals surface area contributed by atoms with Gasteiger partial charge in [-0.3, -0.25) is 4.79 Å². The number of ether oxygens (including phenoxy) is 1. The molecule has 0 aliphatic carbocycles. The highest BCUT2D eigenvalue weighted by molar-refractivity contribution is 5.85. The molecule has 1 amide bonds. The number of nitrogens with zero attached hydrogens (tertiary/aromatic N) is 2. The molecule has 2 heterocycles. The topological polar surface area (TPSA) is 65.4 Å². The number of nitriles is 1. The fraction of sp³-hybridized carbons (Fsp3) is 0.867. The van der Waals surface area contributed by atoms with Crippen LogP contribution < -0.4 is 5.32 Å². The van der Waals surface area contributed by atoms with E-state index in [1.54, 1.807) is 0 Å². The van der Waals surface area contributed by atoms with Crippen LogP contribution in [0.25, 0.3) is 0 Å². The third-order valence-electron chi connectivity index (χ3n) is 4.37. The predicted molar refractivity (Wildman–Crippen MR) is 75.9 cm³/mol. The third kappa shape index (κ3) is 3.71. The lowest BCUT2D eigenvalue weighted by Gasteiger charge is -2.30. The summed E-state index contributed by atoms with van der Waals surface area (Å²) >= 11 is 0. The molecule has 1 atom stereocenters. The van der Waals surface area contributed by atoms with Crippen molar-refractivity contribution in [1.29, 1.82) is 5.26 Å². The molecular formula is C15H25N3O2. The first-order chi connectivity index (χ1) is 9.66. The summed E-state index contributed by atoms with van der Waals surface area (Å²) in [5, 5.41) is 12.3. The lowest BCUT2D eigenvalue weighted by molar-refractivity contribution is -0.132. The van der Waals surface area contributed by atoms with Gasteiger partial charge < -0.3 is 15.0 Å². The quantitative estimate of drug-likeness (QED) is 0.820. The molecule has 2 rings (SSSR count). The second-order valence-electron chi connectivity index (χ2n) is 6.13. The first-order valence-corrected chi connectivity index (χ1v) is 7.66. The summed E-state index contributed by atoms with van der Waals surface area (Å²) in [5.41, 5.74) is -0.869. The number of hydrogen-bond acceptors (Lipinski definition) is 4. The summed E-state index contributed by atoms with van der Waals surface area (Å²) in [6, 6.07) is 2.21. The maximum Gasteiger partial charge on any atom is 0.240 e. The second kappa shape index (κ2) is 7.05. The number of carbonyl (C=O) groups excluding carboxylic acids is 1. The van der Waals surface area contributed by atoms with E-state index in [1.165, 1.54) is 25.9 Å². The van der Waals surface area contributed by atoms with Gasteiger partial charge in [-0.1, -0.05) is 6.92 Å². The van der Waals surface area contributed by atoms with Crippen LogP contribution in [0.5, 0.6) is 0 Å². The van der Waals surface area contributed by atoms with Crippen LogP contribution in [0.3, 0.4) is 0 Å². The highest BCUT2D eigenvalue weighted by Gasteiger charge is 2.40. The maximum atomic E-state index is 12.3. The molecule has 2 saturated heterocycles. The Hall–Kier alpha value is -1.12. The van der Waals surface area contributed by atoms with Gasteiger partial charge >= 0.3 is 0 Å². The van der Waals surface area contributed by atoms with Gasteiger partial charge in [0.05, 0.1) is 6.07 Å². The Labute approximate surface area is 121 Å². The summed E-state index contributed by atoms with van der Waals surface area (Å²) in [5.74, 6) is 0.309. The average Bonchev–Trinajstić information content (AvgIpc) is 2.98. The monoisotopic (exact) mass is 279 g/mol. The van der Waals surface area contributed by atoms with Gasteiger partial charge in [-0.15, -0.1) is 0 Å². The largest absolute Gasteiger partial charge is 0.381 e. The minimum absolute atomic E-state index is 0.114. The maximum absolute atomic E-state index is 12.3. The van der Waals surface area contributed by atoms with E-state index in [0.29, 0.717) is 38.5 Å². The van der Waals surface area contributed by atoms with E-state index in [4.69, 9.17) is 4.74 Å². The number of likely N-dealkylation sites (tertiary alicyclic amines) is 1. The summed E-state index contributed by atoms with van der Waals surface area (Å²) in [6.07, 6.45) is 3.60. The normalized spacial score (nSPS) is 24.0. The van der Waals surface area contributed by atoms with E-state index in [9.17, 15) is 10.1 Å². The van der Waals surface area contributed by atoms with Gasteiger partial charge in [0.2, 0.25) is 5.91 Å². The zero-order chi connectivity index (χ0) is 14.4. The molecule has 5 heteroatoms. The predicted octanol–water partition coefficient (Wildman–Crippen LogP) is 1.15. The van der Waals surface area contributed by atoms with Crippen molar-refractivity contribution in [3.63, 3.8) is 0 Å². The molecule has 0 spiro atoms. The van der Waals surface area contributed by atoms with Gasteiger partial charge in [0.25, 0.3) is 0 Å². The minimum atomic E-state index is -0.869. The standard InChI is InChI=1S/C15H25N3O2/c1-13(11-18-6-2-3-7-18)10-17-14(19)15(12-16)4-8-20-9-5-15/h13H,2-11H2,1H3,(H,17,19). The summed E-state index contributed by atoms with van der Waals surface area (Å²) in [6.45, 7) is 7.20. The van der Waals surface area contributed by atoms with Crippen LogP contribution in [-0.2, 0) is 9.53 Å². The summed E-state index contributed by atoms with van der Waals surface area (Å²) in [4.78, 5) is 14.7. The van der Waals surface area contributed by atoms with Crippen LogP contribution in [0.2, 0.25) is 0 Å². The summed E-state index contributed by atoms with van der Waals surface area (Å²) < 4.78 is 5.25. The molecule has 0 radical (unpaired) electrons. The van der Waals surface area contributed by atoms with Crippen LogP contribution in [0.1, 0.15) is 32.6 Å². The number of carbonyl (C=O) groups is 1. The zero-order valence-electron chi connectivity index (χ0n) is 12.4. The van der Waals surface area contributed by atoms with Crippen LogP contribution >= 0.6 is 0 Å². The first-order valence-electron chi connectivity index (χ1n) is 7.66. The molecule has 20 heavy (non-hydrogen) atoms. The molecule has 0 aromatic carbocycles. The van der Waals surface area contributed by atoms with Crippen molar-refractivity contribution >= 4 is 5.91 Å². The molecule has 2 fully saturated rings. The smallest absolute Gasteiger partial charge is 0.240 e. The van der Waals surface area contributed by atoms with Gasteiger partial charge in [0.15, 0.2) is 0 Å². The third-order valence-corrected chi connectivity index (χ3v) is 4.37. The lowest BCUT2D eigenvalue weighted by atomic mass is 9.81. The Morgan fingerprint density at radius 2 is 2.05 bits per heavy atom. The number of hydrogen-bond donors (Lipinski definition) is 1. The van der Waals surface area contributed by atoms with Gasteiger partial charge in [-0.2, -0.15) is 5.26 Å². The molecule has 0 aromatic rings. The SMILES string of the molecule is CC(CNC(=O)C1(C#N)CCOCC1)CN1CCCC1. The van der Waals surface area contributed by atoms with Crippen molar-refractivity contribution in [2.45, 2.75) is 32.6 Å². The van der Waals surface area contributed by atoms with E-state index < -0.39 is 5.41 Å². The van der Waals surface area contributed by atoms with E-state index in [2.05, 4.69) is 23.2 Å². The Bertz CT molecular complexity index is 366. The number of nitrogens with one attached hydrogen (secondary N) is 1. The van der Waals surface area contributed by atoms with E-state index in [-0.39, 0.29) is 5.91 Å². The average molecular weight is 279 g/mol. The van der Waals surface area contributed by atoms with E-state index in [0.717, 1.165) is 6.54 Å². The van der Waals surface area contributed by atoms with Crippen molar-refractivity contribution in [2.75, 3.05) is 39.4 Å². The highest BCUT2D eigenvalue weighted by atomic mass is 16.5. The Balaban J connectivity index is 1.77. The van der Waals surface area contributed by atoms with Gasteiger partial charge in [0, 0.05) is 26.3 Å². The Morgan fingerprint density at radius 3 is 2.65 bits per heavy atom. The van der Waals surface area contributed by atoms with Crippen LogP contribution in [-0.4, -0.2) is 50.2 Å². The van der Waals surface area contributed by atoms with Crippen molar-refractivity contribution in [2.24, 2.45) is 11.3 Å². The Morgan fingerprint density at radius 1 is 1.40 bits per heavy atom. The van der Waals surface area contributed by atoms with E-state index in [1.807, 2.05) is 0 Å². The molecule has 0 aromatic heterocycles. The van der Waals surface area contributed by atoms with Crippen molar-refractivity contribution in [3.8, 4) is 6.07 Å².